The lowest BCUT2D eigenvalue weighted by Gasteiger charge is -2.17. The lowest BCUT2D eigenvalue weighted by Crippen LogP contribution is -2.22. The quantitative estimate of drug-likeness (QED) is 0.869. The molecule has 0 unspecified atom stereocenters. The fourth-order valence-electron chi connectivity index (χ4n) is 2.62. The molecule has 0 atom stereocenters. The van der Waals surface area contributed by atoms with E-state index in [4.69, 9.17) is 0 Å². The van der Waals surface area contributed by atoms with Crippen molar-refractivity contribution < 1.29 is 9.90 Å². The number of rotatable bonds is 3. The summed E-state index contributed by atoms with van der Waals surface area (Å²) < 4.78 is 0. The van der Waals surface area contributed by atoms with Gasteiger partial charge in [-0.25, -0.2) is 0 Å². The fraction of sp³-hybridized carbons (Fsp3) is 0.235. The Morgan fingerprint density at radius 2 is 1.75 bits per heavy atom. The molecule has 0 heterocycles. The number of hydrogen-bond acceptors (Lipinski definition) is 3. The molecule has 0 aliphatic heterocycles. The van der Waals surface area contributed by atoms with Gasteiger partial charge in [-0.05, 0) is 55.0 Å². The molecule has 2 aromatic carbocycles. The minimum atomic E-state index is -1.12. The second-order valence-electron chi connectivity index (χ2n) is 5.02. The summed E-state index contributed by atoms with van der Waals surface area (Å²) in [6.07, 6.45) is 4.81. The van der Waals surface area contributed by atoms with Crippen molar-refractivity contribution in [3.8, 4) is 0 Å². The molecule has 0 bridgehead atoms. The van der Waals surface area contributed by atoms with Crippen LogP contribution in [-0.2, 0) is 12.8 Å². The Kier molecular flexibility index (Phi) is 3.79. The van der Waals surface area contributed by atoms with Crippen LogP contribution in [0.25, 0.3) is 0 Å². The van der Waals surface area contributed by atoms with Crippen LogP contribution in [0, 0.1) is 0 Å². The van der Waals surface area contributed by atoms with Crippen LogP contribution < -0.4 is 5.11 Å². The maximum absolute atomic E-state index is 11.1. The maximum Gasteiger partial charge on any atom is 0.0726 e. The molecule has 2 aromatic rings. The molecule has 102 valence electrons. The van der Waals surface area contributed by atoms with Crippen LogP contribution in [0.5, 0.6) is 0 Å². The third-order valence-electron chi connectivity index (χ3n) is 3.65. The summed E-state index contributed by atoms with van der Waals surface area (Å²) in [4.78, 5) is 13.0. The molecule has 1 aliphatic rings. The van der Waals surface area contributed by atoms with Crippen LogP contribution in [0.1, 0.15) is 34.3 Å². The van der Waals surface area contributed by atoms with E-state index in [0.717, 1.165) is 22.6 Å². The van der Waals surface area contributed by atoms with Crippen molar-refractivity contribution in [2.75, 3.05) is 0 Å². The highest BCUT2D eigenvalue weighted by Gasteiger charge is 2.11. The number of aromatic carboxylic acids is 1. The zero-order valence-electron chi connectivity index (χ0n) is 11.1. The van der Waals surface area contributed by atoms with Gasteiger partial charge in [0.15, 0.2) is 0 Å². The van der Waals surface area contributed by atoms with Gasteiger partial charge in [-0.2, -0.15) is 0 Å². The van der Waals surface area contributed by atoms with E-state index in [1.807, 2.05) is 12.1 Å². The van der Waals surface area contributed by atoms with Gasteiger partial charge in [-0.1, -0.05) is 36.0 Å². The van der Waals surface area contributed by atoms with Gasteiger partial charge in [0.25, 0.3) is 0 Å². The van der Waals surface area contributed by atoms with E-state index in [0.29, 0.717) is 0 Å². The Bertz CT molecular complexity index is 649. The van der Waals surface area contributed by atoms with Gasteiger partial charge >= 0.3 is 0 Å². The minimum absolute atomic E-state index is 0.259. The number of carbonyl (C=O) groups excluding carboxylic acids is 1. The largest absolute Gasteiger partial charge is 0.545 e. The smallest absolute Gasteiger partial charge is 0.0726 e. The number of hydrogen-bond donors (Lipinski definition) is 0. The van der Waals surface area contributed by atoms with E-state index in [2.05, 4.69) is 18.2 Å². The average Bonchev–Trinajstić information content (AvgIpc) is 2.47. The maximum atomic E-state index is 11.1. The summed E-state index contributed by atoms with van der Waals surface area (Å²) in [5, 5.41) is 11.1. The summed E-state index contributed by atoms with van der Waals surface area (Å²) in [6, 6.07) is 13.5. The van der Waals surface area contributed by atoms with Crippen LogP contribution in [0.3, 0.4) is 0 Å². The first-order valence-electron chi connectivity index (χ1n) is 6.84. The molecular weight excluding hydrogens is 268 g/mol. The Hall–Kier alpha value is -1.74. The number of fused-ring (bicyclic) bond motifs is 1. The molecule has 1 aliphatic carbocycles. The van der Waals surface area contributed by atoms with Crippen molar-refractivity contribution in [1.82, 2.24) is 0 Å². The topological polar surface area (TPSA) is 40.1 Å². The Morgan fingerprint density at radius 3 is 2.55 bits per heavy atom. The molecule has 0 fully saturated rings. The summed E-state index contributed by atoms with van der Waals surface area (Å²) in [7, 11) is 0. The van der Waals surface area contributed by atoms with Crippen molar-refractivity contribution in [3.05, 3.63) is 59.2 Å². The summed E-state index contributed by atoms with van der Waals surface area (Å²) in [5.41, 5.74) is 3.11. The molecule has 0 saturated heterocycles. The molecule has 3 rings (SSSR count). The van der Waals surface area contributed by atoms with Gasteiger partial charge < -0.3 is 9.90 Å². The highest BCUT2D eigenvalue weighted by Crippen LogP contribution is 2.33. The van der Waals surface area contributed by atoms with E-state index in [1.54, 1.807) is 12.1 Å². The molecule has 2 nitrogen and oxygen atoms in total. The van der Waals surface area contributed by atoms with Crippen molar-refractivity contribution in [2.45, 2.75) is 35.5 Å². The monoisotopic (exact) mass is 283 g/mol. The van der Waals surface area contributed by atoms with Crippen molar-refractivity contribution in [2.24, 2.45) is 0 Å². The third-order valence-corrected chi connectivity index (χ3v) is 4.72. The van der Waals surface area contributed by atoms with E-state index in [9.17, 15) is 9.90 Å². The molecular formula is C17H15O2S-. The number of benzene rings is 2. The SMILES string of the molecule is O=C([O-])c1ccccc1Sc1ccc2c(c1)CCCC2. The summed E-state index contributed by atoms with van der Waals surface area (Å²) in [6.45, 7) is 0. The van der Waals surface area contributed by atoms with Crippen LogP contribution in [0.4, 0.5) is 0 Å². The van der Waals surface area contributed by atoms with Gasteiger partial charge in [-0.15, -0.1) is 0 Å². The van der Waals surface area contributed by atoms with E-state index in [1.165, 1.54) is 35.7 Å². The second kappa shape index (κ2) is 5.71. The zero-order chi connectivity index (χ0) is 13.9. The van der Waals surface area contributed by atoms with E-state index in [-0.39, 0.29) is 5.56 Å². The molecule has 0 radical (unpaired) electrons. The predicted octanol–water partition coefficient (Wildman–Crippen LogP) is 3.08. The van der Waals surface area contributed by atoms with Crippen LogP contribution in [0.15, 0.2) is 52.3 Å². The Labute approximate surface area is 122 Å². The summed E-state index contributed by atoms with van der Waals surface area (Å²) >= 11 is 1.49. The highest BCUT2D eigenvalue weighted by molar-refractivity contribution is 7.99. The molecule has 0 aromatic heterocycles. The standard InChI is InChI=1S/C17H16O2S/c18-17(19)15-7-3-4-8-16(15)20-14-10-9-12-5-1-2-6-13(12)11-14/h3-4,7-11H,1-2,5-6H2,(H,18,19)/p-1. The van der Waals surface area contributed by atoms with Gasteiger partial charge in [0, 0.05) is 15.4 Å². The molecule has 0 saturated carbocycles. The van der Waals surface area contributed by atoms with Crippen LogP contribution >= 0.6 is 11.8 Å². The second-order valence-corrected chi connectivity index (χ2v) is 6.14. The number of carbonyl (C=O) groups is 1. The predicted molar refractivity (Wildman–Crippen MR) is 78.0 cm³/mol. The van der Waals surface area contributed by atoms with Crippen LogP contribution in [-0.4, -0.2) is 5.97 Å². The Balaban J connectivity index is 1.90. The molecule has 20 heavy (non-hydrogen) atoms. The van der Waals surface area contributed by atoms with Crippen LogP contribution in [0.2, 0.25) is 0 Å². The third kappa shape index (κ3) is 2.73. The number of aryl methyl sites for hydroxylation is 2. The molecule has 0 amide bonds. The molecule has 0 spiro atoms. The van der Waals surface area contributed by atoms with Gasteiger partial charge in [0.2, 0.25) is 0 Å². The fourth-order valence-corrected chi connectivity index (χ4v) is 3.62. The average molecular weight is 283 g/mol. The lowest BCUT2D eigenvalue weighted by atomic mass is 9.92. The normalized spacial score (nSPS) is 13.8. The van der Waals surface area contributed by atoms with Crippen molar-refractivity contribution in [1.29, 1.82) is 0 Å². The first kappa shape index (κ1) is 13.3. The Morgan fingerprint density at radius 1 is 1.00 bits per heavy atom. The van der Waals surface area contributed by atoms with Gasteiger partial charge in [-0.3, -0.25) is 0 Å². The zero-order valence-corrected chi connectivity index (χ0v) is 11.9. The lowest BCUT2D eigenvalue weighted by molar-refractivity contribution is -0.255. The number of carboxylic acids is 1. The highest BCUT2D eigenvalue weighted by atomic mass is 32.2. The van der Waals surface area contributed by atoms with E-state index >= 15 is 0 Å². The number of carboxylic acid groups (broad SMARTS) is 1. The van der Waals surface area contributed by atoms with Crippen molar-refractivity contribution in [3.63, 3.8) is 0 Å². The molecule has 3 heteroatoms. The molecule has 0 N–H and O–H groups in total. The minimum Gasteiger partial charge on any atom is -0.545 e. The van der Waals surface area contributed by atoms with Gasteiger partial charge in [0.1, 0.15) is 0 Å². The first-order chi connectivity index (χ1) is 9.74. The van der Waals surface area contributed by atoms with Gasteiger partial charge in [0.05, 0.1) is 5.97 Å². The van der Waals surface area contributed by atoms with E-state index < -0.39 is 5.97 Å². The first-order valence-corrected chi connectivity index (χ1v) is 7.66. The summed E-state index contributed by atoms with van der Waals surface area (Å²) in [5.74, 6) is -1.12. The van der Waals surface area contributed by atoms with Crippen molar-refractivity contribution >= 4 is 17.7 Å².